The Kier molecular flexibility index (Phi) is 6.96. The summed E-state index contributed by atoms with van der Waals surface area (Å²) in [4.78, 5) is 15.2. The van der Waals surface area contributed by atoms with Gasteiger partial charge < -0.3 is 14.4 Å². The van der Waals surface area contributed by atoms with E-state index >= 15 is 0 Å². The molecule has 1 aliphatic rings. The lowest BCUT2D eigenvalue weighted by Crippen LogP contribution is -2.48. The van der Waals surface area contributed by atoms with Crippen molar-refractivity contribution in [3.8, 4) is 27.6 Å². The monoisotopic (exact) mass is 479 g/mol. The van der Waals surface area contributed by atoms with Gasteiger partial charge in [-0.15, -0.1) is 0 Å². The number of hydrogen-bond donors (Lipinski definition) is 0. The first-order valence-electron chi connectivity index (χ1n) is 11.1. The Labute approximate surface area is 202 Å². The fraction of sp³-hybridized carbons (Fsp3) is 0.346. The van der Waals surface area contributed by atoms with Crippen LogP contribution in [0.5, 0.6) is 0 Å². The second kappa shape index (κ2) is 9.92. The van der Waals surface area contributed by atoms with Crippen LogP contribution in [0, 0.1) is 17.1 Å². The van der Waals surface area contributed by atoms with Gasteiger partial charge in [-0.1, -0.05) is 24.3 Å². The Morgan fingerprint density at radius 3 is 2.82 bits per heavy atom. The highest BCUT2D eigenvalue weighted by Crippen LogP contribution is 2.38. The van der Waals surface area contributed by atoms with Crippen LogP contribution in [-0.4, -0.2) is 46.8 Å². The lowest BCUT2D eigenvalue weighted by molar-refractivity contribution is -0.0414. The number of morpholine rings is 1. The van der Waals surface area contributed by atoms with Crippen LogP contribution in [0.25, 0.3) is 21.6 Å². The molecule has 1 aromatic heterocycles. The van der Waals surface area contributed by atoms with Crippen LogP contribution in [0.4, 0.5) is 9.18 Å². The molecule has 0 bridgehead atoms. The predicted molar refractivity (Wildman–Crippen MR) is 129 cm³/mol. The summed E-state index contributed by atoms with van der Waals surface area (Å²) < 4.78 is 30.2. The largest absolute Gasteiger partial charge is 0.444 e. The van der Waals surface area contributed by atoms with Gasteiger partial charge in [0.2, 0.25) is 0 Å². The number of nitriles is 1. The van der Waals surface area contributed by atoms with Crippen LogP contribution in [0.3, 0.4) is 0 Å². The van der Waals surface area contributed by atoms with Gasteiger partial charge in [-0.25, -0.2) is 13.6 Å². The lowest BCUT2D eigenvalue weighted by atomic mass is 9.91. The van der Waals surface area contributed by atoms with Crippen molar-refractivity contribution in [1.82, 2.24) is 9.27 Å². The van der Waals surface area contributed by atoms with E-state index in [0.717, 1.165) is 21.6 Å². The van der Waals surface area contributed by atoms with Gasteiger partial charge in [0, 0.05) is 24.7 Å². The highest BCUT2D eigenvalue weighted by Gasteiger charge is 2.29. The topological polar surface area (TPSA) is 75.4 Å². The van der Waals surface area contributed by atoms with Crippen molar-refractivity contribution < 1.29 is 18.7 Å². The lowest BCUT2D eigenvalue weighted by Gasteiger charge is -2.34. The first-order chi connectivity index (χ1) is 16.2. The minimum atomic E-state index is -0.561. The fourth-order valence-electron chi connectivity index (χ4n) is 4.00. The minimum absolute atomic E-state index is 0.0112. The molecule has 34 heavy (non-hydrogen) atoms. The number of amides is 1. The molecule has 4 rings (SSSR count). The molecule has 2 heterocycles. The zero-order valence-electron chi connectivity index (χ0n) is 19.4. The Balaban J connectivity index is 1.65. The first kappa shape index (κ1) is 23.9. The molecule has 6 nitrogen and oxygen atoms in total. The van der Waals surface area contributed by atoms with Crippen molar-refractivity contribution >= 4 is 17.6 Å². The van der Waals surface area contributed by atoms with Crippen LogP contribution >= 0.6 is 11.5 Å². The number of rotatable bonds is 4. The molecule has 1 aliphatic heterocycles. The summed E-state index contributed by atoms with van der Waals surface area (Å²) >= 11 is 1.36. The number of carbonyl (C=O) groups is 1. The number of nitrogens with zero attached hydrogens (tertiary/aromatic N) is 3. The van der Waals surface area contributed by atoms with E-state index in [2.05, 4.69) is 4.37 Å². The van der Waals surface area contributed by atoms with E-state index in [1.807, 2.05) is 51.1 Å². The third-order valence-corrected chi connectivity index (χ3v) is 6.24. The maximum absolute atomic E-state index is 14.4. The number of ether oxygens (including phenoxy) is 2. The molecule has 3 aromatic rings. The van der Waals surface area contributed by atoms with E-state index in [-0.39, 0.29) is 17.8 Å². The van der Waals surface area contributed by atoms with E-state index in [1.165, 1.54) is 23.7 Å². The molecule has 0 N–H and O–H groups in total. The van der Waals surface area contributed by atoms with Gasteiger partial charge in [0.05, 0.1) is 29.7 Å². The first-order valence-corrected chi connectivity index (χ1v) is 11.8. The Hall–Kier alpha value is -3.28. The van der Waals surface area contributed by atoms with E-state index in [0.29, 0.717) is 31.7 Å². The van der Waals surface area contributed by atoms with Crippen LogP contribution < -0.4 is 0 Å². The molecule has 1 atom stereocenters. The van der Waals surface area contributed by atoms with Gasteiger partial charge in [0.15, 0.2) is 0 Å². The summed E-state index contributed by atoms with van der Waals surface area (Å²) in [5.74, 6) is -0.552. The van der Waals surface area contributed by atoms with Gasteiger partial charge in [0.1, 0.15) is 17.5 Å². The number of hydrogen-bond acceptors (Lipinski definition) is 6. The molecule has 1 saturated heterocycles. The molecule has 1 fully saturated rings. The number of carbonyl (C=O) groups excluding carboxylic acids is 1. The average molecular weight is 480 g/mol. The normalized spacial score (nSPS) is 16.2. The summed E-state index contributed by atoms with van der Waals surface area (Å²) in [7, 11) is 0. The molecule has 176 valence electrons. The van der Waals surface area contributed by atoms with Crippen molar-refractivity contribution in [2.24, 2.45) is 0 Å². The molecule has 0 aliphatic carbocycles. The highest BCUT2D eigenvalue weighted by atomic mass is 32.1. The molecule has 0 spiro atoms. The third-order valence-electron chi connectivity index (χ3n) is 5.47. The predicted octanol–water partition coefficient (Wildman–Crippen LogP) is 5.67. The maximum Gasteiger partial charge on any atom is 0.410 e. The summed E-state index contributed by atoms with van der Waals surface area (Å²) in [6.45, 7) is 6.88. The minimum Gasteiger partial charge on any atom is -0.444 e. The quantitative estimate of drug-likeness (QED) is 0.482. The Morgan fingerprint density at radius 2 is 2.15 bits per heavy atom. The van der Waals surface area contributed by atoms with Crippen LogP contribution in [-0.2, 0) is 15.9 Å². The van der Waals surface area contributed by atoms with E-state index in [9.17, 15) is 9.18 Å². The number of aromatic nitrogens is 1. The number of benzene rings is 2. The molecule has 2 aromatic carbocycles. The van der Waals surface area contributed by atoms with Crippen molar-refractivity contribution in [3.63, 3.8) is 0 Å². The van der Waals surface area contributed by atoms with Gasteiger partial charge in [-0.05, 0) is 67.2 Å². The summed E-state index contributed by atoms with van der Waals surface area (Å²) in [5, 5.41) is 9.09. The fourth-order valence-corrected chi connectivity index (χ4v) is 4.69. The van der Waals surface area contributed by atoms with Crippen molar-refractivity contribution in [1.29, 1.82) is 5.26 Å². The molecule has 0 radical (unpaired) electrons. The standard InChI is InChI=1S/C26H26FN3O3S/c1-26(2,3)33-25(31)30-11-12-32-20(16-30)13-18-5-4-6-21(24(18)23-9-10-29-34-23)17-7-8-19(15-28)22(27)14-17/h4-10,14,20H,11-13,16H2,1-3H3/t20-/m1/s1. The van der Waals surface area contributed by atoms with Crippen molar-refractivity contribution in [2.75, 3.05) is 19.7 Å². The van der Waals surface area contributed by atoms with Crippen molar-refractivity contribution in [3.05, 3.63) is 65.6 Å². The van der Waals surface area contributed by atoms with Gasteiger partial charge >= 0.3 is 6.09 Å². The van der Waals surface area contributed by atoms with E-state index in [4.69, 9.17) is 14.7 Å². The Morgan fingerprint density at radius 1 is 1.32 bits per heavy atom. The van der Waals surface area contributed by atoms with Gasteiger partial charge in [0.25, 0.3) is 0 Å². The molecular weight excluding hydrogens is 453 g/mol. The summed E-state index contributed by atoms with van der Waals surface area (Å²) in [5.41, 5.74) is 2.95. The zero-order chi connectivity index (χ0) is 24.3. The van der Waals surface area contributed by atoms with Crippen LogP contribution in [0.1, 0.15) is 31.9 Å². The smallest absolute Gasteiger partial charge is 0.410 e. The molecule has 8 heteroatoms. The van der Waals surface area contributed by atoms with Crippen LogP contribution in [0.2, 0.25) is 0 Å². The van der Waals surface area contributed by atoms with Crippen molar-refractivity contribution in [2.45, 2.75) is 38.9 Å². The second-order valence-corrected chi connectivity index (χ2v) is 9.98. The van der Waals surface area contributed by atoms with Gasteiger partial charge in [-0.2, -0.15) is 5.26 Å². The maximum atomic E-state index is 14.4. The molecule has 1 amide bonds. The molecule has 0 saturated carbocycles. The molecule has 0 unspecified atom stereocenters. The van der Waals surface area contributed by atoms with E-state index in [1.54, 1.807) is 17.2 Å². The Bertz CT molecular complexity index is 1220. The second-order valence-electron chi connectivity index (χ2n) is 9.15. The average Bonchev–Trinajstić information content (AvgIpc) is 3.32. The van der Waals surface area contributed by atoms with Crippen LogP contribution in [0.15, 0.2) is 48.7 Å². The van der Waals surface area contributed by atoms with E-state index < -0.39 is 11.4 Å². The number of halogens is 1. The zero-order valence-corrected chi connectivity index (χ0v) is 20.2. The summed E-state index contributed by atoms with van der Waals surface area (Å²) in [6.07, 6.45) is 1.76. The molecular formula is C26H26FN3O3S. The highest BCUT2D eigenvalue weighted by molar-refractivity contribution is 7.09. The SMILES string of the molecule is CC(C)(C)OC(=O)N1CCO[C@H](Cc2cccc(-c3ccc(C#N)c(F)c3)c2-c2ccns2)C1. The van der Waals surface area contributed by atoms with Gasteiger partial charge in [-0.3, -0.25) is 0 Å². The third kappa shape index (κ3) is 5.44. The summed E-state index contributed by atoms with van der Waals surface area (Å²) in [6, 6.07) is 14.3.